The average Bonchev–Trinajstić information content (AvgIpc) is 3.20. The maximum atomic E-state index is 5.17. The molecule has 0 aliphatic carbocycles. The summed E-state index contributed by atoms with van der Waals surface area (Å²) in [4.78, 5) is 15.2. The van der Waals surface area contributed by atoms with Gasteiger partial charge in [0.05, 0.1) is 22.4 Å². The van der Waals surface area contributed by atoms with Gasteiger partial charge in [0, 0.05) is 54.6 Å². The molecular weight excluding hydrogens is 669 g/mol. The molecular formula is C51H54N4. The van der Waals surface area contributed by atoms with Gasteiger partial charge in [0.1, 0.15) is 0 Å². The largest absolute Gasteiger partial charge is 0.372 e. The Morgan fingerprint density at radius 3 is 1.35 bits per heavy atom. The first-order valence-corrected chi connectivity index (χ1v) is 20.0. The van der Waals surface area contributed by atoms with Crippen LogP contribution < -0.4 is 9.80 Å². The summed E-state index contributed by atoms with van der Waals surface area (Å²) < 4.78 is 0. The molecule has 55 heavy (non-hydrogen) atoms. The number of fused-ring (bicyclic) bond motifs is 1. The van der Waals surface area contributed by atoms with Crippen LogP contribution in [0.3, 0.4) is 0 Å². The second-order valence-corrected chi connectivity index (χ2v) is 14.8. The number of benzene rings is 6. The third kappa shape index (κ3) is 7.77. The number of para-hydroxylation sites is 2. The monoisotopic (exact) mass is 722 g/mol. The highest BCUT2D eigenvalue weighted by Gasteiger charge is 2.23. The standard InChI is InChI=1S/C51H54N4/c1-9-54(10-2)43-25-27-45(36(7)31-43)49(46-28-26-44(32-37(46)8)55(11-3)12-4)42-30-35(6)29-41(33-42)38-21-23-40(24-22-38)51-50(39-19-17-34(5)18-20-39)52-47-15-13-14-16-48(47)53-51/h13-33,49H,9-12H2,1-8H3. The van der Waals surface area contributed by atoms with Crippen LogP contribution in [0.1, 0.15) is 72.6 Å². The van der Waals surface area contributed by atoms with Crippen LogP contribution in [-0.2, 0) is 0 Å². The maximum absolute atomic E-state index is 5.17. The molecule has 4 heteroatoms. The number of nitrogens with zero attached hydrogens (tertiary/aromatic N) is 4. The lowest BCUT2D eigenvalue weighted by Gasteiger charge is -2.28. The molecule has 0 saturated heterocycles. The van der Waals surface area contributed by atoms with Gasteiger partial charge < -0.3 is 9.80 Å². The molecule has 0 N–H and O–H groups in total. The molecule has 4 nitrogen and oxygen atoms in total. The SMILES string of the molecule is CCN(CC)c1ccc(C(c2cc(C)cc(-c3ccc(-c4nc5ccccc5nc4-c4ccc(C)cc4)cc3)c2)c2ccc(N(CC)CC)cc2C)c(C)c1. The van der Waals surface area contributed by atoms with Crippen LogP contribution in [0.5, 0.6) is 0 Å². The number of rotatable bonds is 12. The minimum absolute atomic E-state index is 0.0828. The van der Waals surface area contributed by atoms with Crippen molar-refractivity contribution >= 4 is 22.4 Å². The molecule has 0 fully saturated rings. The number of hydrogen-bond acceptors (Lipinski definition) is 4. The second kappa shape index (κ2) is 16.3. The van der Waals surface area contributed by atoms with E-state index >= 15 is 0 Å². The molecule has 7 rings (SSSR count). The number of aromatic nitrogens is 2. The van der Waals surface area contributed by atoms with Crippen LogP contribution in [0.25, 0.3) is 44.7 Å². The topological polar surface area (TPSA) is 32.3 Å². The zero-order valence-electron chi connectivity index (χ0n) is 33.8. The van der Waals surface area contributed by atoms with Crippen molar-refractivity contribution < 1.29 is 0 Å². The van der Waals surface area contributed by atoms with E-state index in [4.69, 9.17) is 9.97 Å². The normalized spacial score (nSPS) is 11.4. The van der Waals surface area contributed by atoms with Crippen LogP contribution in [-0.4, -0.2) is 36.1 Å². The highest BCUT2D eigenvalue weighted by molar-refractivity contribution is 5.86. The Bertz CT molecular complexity index is 2360. The van der Waals surface area contributed by atoms with E-state index in [9.17, 15) is 0 Å². The fraction of sp³-hybridized carbons (Fsp3) is 0.255. The van der Waals surface area contributed by atoms with E-state index in [0.29, 0.717) is 0 Å². The van der Waals surface area contributed by atoms with E-state index < -0.39 is 0 Å². The number of aryl methyl sites for hydroxylation is 4. The zero-order chi connectivity index (χ0) is 38.6. The Hall–Kier alpha value is -5.74. The molecule has 1 heterocycles. The fourth-order valence-electron chi connectivity index (χ4n) is 8.15. The van der Waals surface area contributed by atoms with Crippen LogP contribution in [0.4, 0.5) is 11.4 Å². The number of anilines is 2. The first kappa shape index (κ1) is 37.6. The molecule has 0 amide bonds. The van der Waals surface area contributed by atoms with Crippen LogP contribution in [0.2, 0.25) is 0 Å². The van der Waals surface area contributed by atoms with Gasteiger partial charge >= 0.3 is 0 Å². The van der Waals surface area contributed by atoms with E-state index in [-0.39, 0.29) is 5.92 Å². The van der Waals surface area contributed by atoms with Crippen molar-refractivity contribution in [1.82, 2.24) is 9.97 Å². The molecule has 0 bridgehead atoms. The predicted octanol–water partition coefficient (Wildman–Crippen LogP) is 12.7. The van der Waals surface area contributed by atoms with Crippen molar-refractivity contribution in [2.45, 2.75) is 61.3 Å². The van der Waals surface area contributed by atoms with Gasteiger partial charge in [-0.25, -0.2) is 9.97 Å². The van der Waals surface area contributed by atoms with Crippen molar-refractivity contribution in [2.24, 2.45) is 0 Å². The molecule has 0 unspecified atom stereocenters. The summed E-state index contributed by atoms with van der Waals surface area (Å²) in [5.41, 5.74) is 19.8. The van der Waals surface area contributed by atoms with Gasteiger partial charge in [-0.1, -0.05) is 102 Å². The van der Waals surface area contributed by atoms with Crippen LogP contribution in [0, 0.1) is 27.7 Å². The van der Waals surface area contributed by atoms with E-state index in [1.807, 2.05) is 24.3 Å². The second-order valence-electron chi connectivity index (χ2n) is 14.8. The molecule has 1 aromatic heterocycles. The molecule has 278 valence electrons. The zero-order valence-corrected chi connectivity index (χ0v) is 33.8. The maximum Gasteiger partial charge on any atom is 0.0973 e. The molecule has 0 radical (unpaired) electrons. The highest BCUT2D eigenvalue weighted by Crippen LogP contribution is 2.40. The average molecular weight is 723 g/mol. The van der Waals surface area contributed by atoms with Gasteiger partial charge in [0.2, 0.25) is 0 Å². The molecule has 0 saturated carbocycles. The van der Waals surface area contributed by atoms with Gasteiger partial charge in [0.25, 0.3) is 0 Å². The third-order valence-electron chi connectivity index (χ3n) is 11.2. The van der Waals surface area contributed by atoms with Crippen LogP contribution >= 0.6 is 0 Å². The summed E-state index contributed by atoms with van der Waals surface area (Å²) in [5.74, 6) is 0.0828. The summed E-state index contributed by atoms with van der Waals surface area (Å²) in [7, 11) is 0. The molecule has 6 aromatic carbocycles. The first-order chi connectivity index (χ1) is 26.7. The van der Waals surface area contributed by atoms with Crippen molar-refractivity contribution in [2.75, 3.05) is 36.0 Å². The first-order valence-electron chi connectivity index (χ1n) is 20.0. The van der Waals surface area contributed by atoms with Crippen molar-refractivity contribution in [3.63, 3.8) is 0 Å². The van der Waals surface area contributed by atoms with E-state index in [2.05, 4.69) is 168 Å². The molecule has 0 aliphatic rings. The van der Waals surface area contributed by atoms with Crippen molar-refractivity contribution in [3.05, 3.63) is 166 Å². The molecule has 0 aliphatic heterocycles. The Labute approximate surface area is 328 Å². The predicted molar refractivity (Wildman–Crippen MR) is 236 cm³/mol. The van der Waals surface area contributed by atoms with Crippen LogP contribution in [0.15, 0.2) is 127 Å². The Morgan fingerprint density at radius 1 is 0.436 bits per heavy atom. The van der Waals surface area contributed by atoms with E-state index in [1.165, 1.54) is 61.4 Å². The van der Waals surface area contributed by atoms with E-state index in [1.54, 1.807) is 0 Å². The lowest BCUT2D eigenvalue weighted by atomic mass is 9.79. The molecule has 0 spiro atoms. The van der Waals surface area contributed by atoms with Gasteiger partial charge in [-0.15, -0.1) is 0 Å². The van der Waals surface area contributed by atoms with Gasteiger partial charge in [-0.3, -0.25) is 0 Å². The lowest BCUT2D eigenvalue weighted by Crippen LogP contribution is -2.22. The third-order valence-corrected chi connectivity index (χ3v) is 11.2. The Morgan fingerprint density at radius 2 is 0.891 bits per heavy atom. The smallest absolute Gasteiger partial charge is 0.0973 e. The minimum atomic E-state index is 0.0828. The van der Waals surface area contributed by atoms with E-state index in [0.717, 1.165) is 59.7 Å². The minimum Gasteiger partial charge on any atom is -0.372 e. The summed E-state index contributed by atoms with van der Waals surface area (Å²) >= 11 is 0. The highest BCUT2D eigenvalue weighted by atomic mass is 15.1. The summed E-state index contributed by atoms with van der Waals surface area (Å²) in [5, 5.41) is 0. The van der Waals surface area contributed by atoms with Crippen molar-refractivity contribution in [3.8, 4) is 33.6 Å². The summed E-state index contributed by atoms with van der Waals surface area (Å²) in [6.45, 7) is 21.8. The number of hydrogen-bond donors (Lipinski definition) is 0. The lowest BCUT2D eigenvalue weighted by molar-refractivity contribution is 0.859. The van der Waals surface area contributed by atoms with Gasteiger partial charge in [0.15, 0.2) is 0 Å². The Kier molecular flexibility index (Phi) is 11.2. The fourth-order valence-corrected chi connectivity index (χ4v) is 8.15. The quantitative estimate of drug-likeness (QED) is 0.118. The summed E-state index contributed by atoms with van der Waals surface area (Å²) in [6, 6.07) is 46.9. The molecule has 7 aromatic rings. The van der Waals surface area contributed by atoms with Gasteiger partial charge in [-0.05, 0) is 131 Å². The van der Waals surface area contributed by atoms with Crippen molar-refractivity contribution in [1.29, 1.82) is 0 Å². The Balaban J connectivity index is 1.32. The summed E-state index contributed by atoms with van der Waals surface area (Å²) in [6.07, 6.45) is 0. The molecule has 0 atom stereocenters. The van der Waals surface area contributed by atoms with Gasteiger partial charge in [-0.2, -0.15) is 0 Å².